The summed E-state index contributed by atoms with van der Waals surface area (Å²) in [5.41, 5.74) is 0.705. The molecule has 0 atom stereocenters. The molecule has 6 heteroatoms. The molecule has 0 bridgehead atoms. The van der Waals surface area contributed by atoms with Gasteiger partial charge in [-0.25, -0.2) is 4.79 Å². The molecule has 1 aromatic heterocycles. The van der Waals surface area contributed by atoms with Crippen molar-refractivity contribution in [1.82, 2.24) is 0 Å². The van der Waals surface area contributed by atoms with Gasteiger partial charge in [0.2, 0.25) is 5.75 Å². The van der Waals surface area contributed by atoms with E-state index in [0.29, 0.717) is 39.4 Å². The molecule has 0 radical (unpaired) electrons. The molecule has 0 spiro atoms. The van der Waals surface area contributed by atoms with Crippen LogP contribution in [-0.4, -0.2) is 28.4 Å². The Morgan fingerprint density at radius 3 is 2.12 bits per heavy atom. The maximum Gasteiger partial charge on any atom is 0.348 e. The van der Waals surface area contributed by atoms with Gasteiger partial charge in [-0.05, 0) is 24.6 Å². The van der Waals surface area contributed by atoms with Crippen molar-refractivity contribution >= 4 is 21.7 Å². The third-order valence-corrected chi connectivity index (χ3v) is 4.02. The van der Waals surface area contributed by atoms with Crippen molar-refractivity contribution in [3.05, 3.63) is 34.2 Å². The third kappa shape index (κ3) is 2.22. The standard InChI is InChI=1S/C18H18O6/c1-9-6-13(22-4)16(23-5)17-14(9)11-7-10(20-2)8-12(21-3)15(11)18(19)24-17/h6-8H,1-5H3. The van der Waals surface area contributed by atoms with Crippen LogP contribution in [0.1, 0.15) is 5.56 Å². The first-order valence-corrected chi connectivity index (χ1v) is 7.29. The Hall–Kier alpha value is -2.89. The van der Waals surface area contributed by atoms with Gasteiger partial charge in [0.15, 0.2) is 11.3 Å². The monoisotopic (exact) mass is 330 g/mol. The minimum atomic E-state index is -0.511. The Labute approximate surface area is 138 Å². The van der Waals surface area contributed by atoms with Gasteiger partial charge in [0.1, 0.15) is 16.9 Å². The SMILES string of the molecule is COc1cc(OC)c2c(=O)oc3c(OC)c(OC)cc(C)c3c2c1. The fraction of sp³-hybridized carbons (Fsp3) is 0.278. The molecule has 0 N–H and O–H groups in total. The van der Waals surface area contributed by atoms with Gasteiger partial charge < -0.3 is 23.4 Å². The van der Waals surface area contributed by atoms with Crippen molar-refractivity contribution in [3.63, 3.8) is 0 Å². The number of benzene rings is 2. The zero-order chi connectivity index (χ0) is 17.4. The van der Waals surface area contributed by atoms with Crippen LogP contribution in [0.2, 0.25) is 0 Å². The van der Waals surface area contributed by atoms with Gasteiger partial charge in [-0.3, -0.25) is 0 Å². The Morgan fingerprint density at radius 2 is 1.54 bits per heavy atom. The summed E-state index contributed by atoms with van der Waals surface area (Å²) < 4.78 is 27.0. The number of hydrogen-bond donors (Lipinski definition) is 0. The normalized spacial score (nSPS) is 10.9. The third-order valence-electron chi connectivity index (χ3n) is 4.02. The number of aryl methyl sites for hydroxylation is 1. The quantitative estimate of drug-likeness (QED) is 0.540. The number of hydrogen-bond acceptors (Lipinski definition) is 6. The lowest BCUT2D eigenvalue weighted by Gasteiger charge is -2.15. The lowest BCUT2D eigenvalue weighted by atomic mass is 10.0. The van der Waals surface area contributed by atoms with Crippen LogP contribution in [0.25, 0.3) is 21.7 Å². The average molecular weight is 330 g/mol. The molecule has 24 heavy (non-hydrogen) atoms. The number of fused-ring (bicyclic) bond motifs is 3. The van der Waals surface area contributed by atoms with Gasteiger partial charge in [-0.15, -0.1) is 0 Å². The van der Waals surface area contributed by atoms with Crippen molar-refractivity contribution < 1.29 is 23.4 Å². The van der Waals surface area contributed by atoms with Crippen LogP contribution in [0.4, 0.5) is 0 Å². The van der Waals surface area contributed by atoms with Gasteiger partial charge in [0.25, 0.3) is 0 Å². The molecule has 0 aliphatic rings. The first-order valence-electron chi connectivity index (χ1n) is 7.29. The van der Waals surface area contributed by atoms with Gasteiger partial charge in [0, 0.05) is 16.8 Å². The summed E-state index contributed by atoms with van der Waals surface area (Å²) >= 11 is 0. The first kappa shape index (κ1) is 16.0. The highest BCUT2D eigenvalue weighted by molar-refractivity contribution is 6.10. The molecule has 0 aliphatic heterocycles. The second kappa shape index (κ2) is 5.96. The van der Waals surface area contributed by atoms with Gasteiger partial charge in [-0.2, -0.15) is 0 Å². The zero-order valence-corrected chi connectivity index (χ0v) is 14.2. The molecular weight excluding hydrogens is 312 g/mol. The van der Waals surface area contributed by atoms with Crippen LogP contribution < -0.4 is 24.6 Å². The minimum Gasteiger partial charge on any atom is -0.497 e. The van der Waals surface area contributed by atoms with E-state index in [2.05, 4.69) is 0 Å². The predicted octanol–water partition coefficient (Wildman–Crippen LogP) is 3.29. The molecule has 2 aromatic carbocycles. The summed E-state index contributed by atoms with van der Waals surface area (Å²) in [5.74, 6) is 1.85. The summed E-state index contributed by atoms with van der Waals surface area (Å²) in [7, 11) is 6.10. The van der Waals surface area contributed by atoms with Crippen molar-refractivity contribution in [3.8, 4) is 23.0 Å². The number of rotatable bonds is 4. The summed E-state index contributed by atoms with van der Waals surface area (Å²) in [6.07, 6.45) is 0. The Kier molecular flexibility index (Phi) is 3.97. The Bertz CT molecular complexity index is 987. The molecule has 0 saturated carbocycles. The highest BCUT2D eigenvalue weighted by Gasteiger charge is 2.21. The maximum atomic E-state index is 12.6. The smallest absolute Gasteiger partial charge is 0.348 e. The fourth-order valence-electron chi connectivity index (χ4n) is 2.94. The van der Waals surface area contributed by atoms with Crippen LogP contribution in [0.3, 0.4) is 0 Å². The lowest BCUT2D eigenvalue weighted by Crippen LogP contribution is -2.05. The van der Waals surface area contributed by atoms with E-state index >= 15 is 0 Å². The van der Waals surface area contributed by atoms with Gasteiger partial charge >= 0.3 is 5.63 Å². The van der Waals surface area contributed by atoms with E-state index in [1.165, 1.54) is 21.3 Å². The summed E-state index contributed by atoms with van der Waals surface area (Å²) in [4.78, 5) is 12.6. The second-order valence-corrected chi connectivity index (χ2v) is 5.27. The zero-order valence-electron chi connectivity index (χ0n) is 14.2. The predicted molar refractivity (Wildman–Crippen MR) is 90.9 cm³/mol. The summed E-state index contributed by atoms with van der Waals surface area (Å²) in [6, 6.07) is 5.28. The van der Waals surface area contributed by atoms with Crippen molar-refractivity contribution in [1.29, 1.82) is 0 Å². The van der Waals surface area contributed by atoms with Crippen LogP contribution in [0, 0.1) is 6.92 Å². The molecule has 0 saturated heterocycles. The molecule has 3 aromatic rings. The number of methoxy groups -OCH3 is 4. The summed E-state index contributed by atoms with van der Waals surface area (Å²) in [5, 5.41) is 1.79. The first-order chi connectivity index (χ1) is 11.5. The highest BCUT2D eigenvalue weighted by atomic mass is 16.5. The molecule has 0 aliphatic carbocycles. The van der Waals surface area contributed by atoms with E-state index in [9.17, 15) is 4.79 Å². The highest BCUT2D eigenvalue weighted by Crippen LogP contribution is 2.42. The number of ether oxygens (including phenoxy) is 4. The molecule has 1 heterocycles. The van der Waals surface area contributed by atoms with Gasteiger partial charge in [-0.1, -0.05) is 0 Å². The van der Waals surface area contributed by atoms with E-state index in [-0.39, 0.29) is 0 Å². The molecule has 0 unspecified atom stereocenters. The van der Waals surface area contributed by atoms with Crippen molar-refractivity contribution in [2.24, 2.45) is 0 Å². The largest absolute Gasteiger partial charge is 0.497 e. The van der Waals surface area contributed by atoms with Gasteiger partial charge in [0.05, 0.1) is 28.4 Å². The van der Waals surface area contributed by atoms with Crippen LogP contribution >= 0.6 is 0 Å². The topological polar surface area (TPSA) is 67.1 Å². The lowest BCUT2D eigenvalue weighted by molar-refractivity contribution is 0.352. The molecular formula is C18H18O6. The molecule has 0 amide bonds. The molecule has 0 fully saturated rings. The molecule has 3 rings (SSSR count). The van der Waals surface area contributed by atoms with E-state index in [0.717, 1.165) is 10.9 Å². The van der Waals surface area contributed by atoms with E-state index in [1.54, 1.807) is 19.2 Å². The van der Waals surface area contributed by atoms with Crippen LogP contribution in [-0.2, 0) is 0 Å². The second-order valence-electron chi connectivity index (χ2n) is 5.27. The molecule has 6 nitrogen and oxygen atoms in total. The minimum absolute atomic E-state index is 0.335. The van der Waals surface area contributed by atoms with Crippen molar-refractivity contribution in [2.75, 3.05) is 28.4 Å². The average Bonchev–Trinajstić information content (AvgIpc) is 2.59. The Balaban J connectivity index is 2.62. The van der Waals surface area contributed by atoms with E-state index in [4.69, 9.17) is 23.4 Å². The van der Waals surface area contributed by atoms with Crippen LogP contribution in [0.15, 0.2) is 27.4 Å². The van der Waals surface area contributed by atoms with E-state index < -0.39 is 5.63 Å². The summed E-state index contributed by atoms with van der Waals surface area (Å²) in [6.45, 7) is 1.91. The fourth-order valence-corrected chi connectivity index (χ4v) is 2.94. The van der Waals surface area contributed by atoms with Crippen LogP contribution in [0.5, 0.6) is 23.0 Å². The maximum absolute atomic E-state index is 12.6. The molecule has 126 valence electrons. The van der Waals surface area contributed by atoms with E-state index in [1.807, 2.05) is 13.0 Å². The Morgan fingerprint density at radius 1 is 0.833 bits per heavy atom. The van der Waals surface area contributed by atoms with Crippen molar-refractivity contribution in [2.45, 2.75) is 6.92 Å².